The molecule has 0 aromatic heterocycles. The van der Waals surface area contributed by atoms with Crippen molar-refractivity contribution in [2.24, 2.45) is 0 Å². The summed E-state index contributed by atoms with van der Waals surface area (Å²) in [6.45, 7) is 9.00. The highest BCUT2D eigenvalue weighted by Crippen LogP contribution is 2.32. The fraction of sp³-hybridized carbons (Fsp3) is 0.278. The van der Waals surface area contributed by atoms with Gasteiger partial charge in [-0.15, -0.1) is 0 Å². The van der Waals surface area contributed by atoms with Crippen molar-refractivity contribution in [1.82, 2.24) is 0 Å². The van der Waals surface area contributed by atoms with Crippen molar-refractivity contribution in [3.63, 3.8) is 0 Å². The van der Waals surface area contributed by atoms with Crippen molar-refractivity contribution in [1.29, 1.82) is 0 Å². The molecule has 0 fully saturated rings. The van der Waals surface area contributed by atoms with Crippen molar-refractivity contribution in [3.05, 3.63) is 140 Å². The van der Waals surface area contributed by atoms with Gasteiger partial charge in [0.25, 0.3) is 0 Å². The molecule has 4 aromatic carbocycles. The number of benzene rings is 4. The van der Waals surface area contributed by atoms with Gasteiger partial charge in [-0.3, -0.25) is 0 Å². The highest BCUT2D eigenvalue weighted by molar-refractivity contribution is 14.1. The van der Waals surface area contributed by atoms with Gasteiger partial charge in [-0.05, 0) is 118 Å². The predicted molar refractivity (Wildman–Crippen MR) is 187 cm³/mol. The van der Waals surface area contributed by atoms with E-state index in [1.807, 2.05) is 36.4 Å². The van der Waals surface area contributed by atoms with Gasteiger partial charge < -0.3 is 10.0 Å². The molecule has 0 aliphatic carbocycles. The molecule has 52 heavy (non-hydrogen) atoms. The highest BCUT2D eigenvalue weighted by Gasteiger charge is 2.33. The van der Waals surface area contributed by atoms with Crippen LogP contribution < -0.4 is 5.46 Å². The van der Waals surface area contributed by atoms with Crippen LogP contribution in [0.15, 0.2) is 91.5 Å². The number of halogens is 13. The minimum absolute atomic E-state index is 0.0904. The molecule has 0 aliphatic rings. The van der Waals surface area contributed by atoms with E-state index in [2.05, 4.69) is 6.58 Å². The van der Waals surface area contributed by atoms with Crippen molar-refractivity contribution in [3.8, 4) is 0 Å². The standard InChI is InChI=1S/C9H10BF3O2.C9H8F3I.C9H9F3.C9H7F3/c1-2-6-3-4-7(9(11,12)13)5-8(6)10(14)15;1-2-6-3-4-7(5-8(6)13)9(10,11)12;2*1-2-7-3-5-8(6-4-7)9(10,11)12/h3-5,14-15H,2H2,1H3;3-5H,2H2,1H3;3-6H,2H2,1H3;2-6H,1H2. The summed E-state index contributed by atoms with van der Waals surface area (Å²) < 4.78 is 146. The monoisotopic (exact) mass is 864 g/mol. The summed E-state index contributed by atoms with van der Waals surface area (Å²) in [5.74, 6) is 0. The highest BCUT2D eigenvalue weighted by atomic mass is 127. The quantitative estimate of drug-likeness (QED) is 0.119. The first-order valence-electron chi connectivity index (χ1n) is 15.3. The Labute approximate surface area is 307 Å². The topological polar surface area (TPSA) is 40.5 Å². The fourth-order valence-corrected chi connectivity index (χ4v) is 4.98. The van der Waals surface area contributed by atoms with Gasteiger partial charge in [-0.25, -0.2) is 0 Å². The van der Waals surface area contributed by atoms with E-state index in [0.29, 0.717) is 21.1 Å². The third-order valence-electron chi connectivity index (χ3n) is 7.06. The van der Waals surface area contributed by atoms with E-state index in [4.69, 9.17) is 10.0 Å². The first-order chi connectivity index (χ1) is 23.9. The molecule has 0 saturated carbocycles. The zero-order chi connectivity index (χ0) is 40.1. The molecule has 0 aliphatic heterocycles. The molecule has 4 aromatic rings. The zero-order valence-corrected chi connectivity index (χ0v) is 30.0. The SMILES string of the molecule is C=Cc1ccc(C(F)(F)F)cc1.CCc1ccc(C(F)(F)F)cc1.CCc1ccc(C(F)(F)F)cc1B(O)O.CCc1ccc(C(F)(F)F)cc1I. The average molecular weight is 864 g/mol. The lowest BCUT2D eigenvalue weighted by atomic mass is 9.75. The Hall–Kier alpha value is -3.51. The molecule has 0 bridgehead atoms. The lowest BCUT2D eigenvalue weighted by Crippen LogP contribution is -2.34. The summed E-state index contributed by atoms with van der Waals surface area (Å²) in [6, 6.07) is 16.9. The first kappa shape index (κ1) is 46.5. The molecule has 0 atom stereocenters. The summed E-state index contributed by atoms with van der Waals surface area (Å²) in [5.41, 5.74) is 0.301. The maximum absolute atomic E-state index is 12.3. The van der Waals surface area contributed by atoms with Crippen LogP contribution in [0.5, 0.6) is 0 Å². The van der Waals surface area contributed by atoms with E-state index in [1.54, 1.807) is 6.92 Å². The second kappa shape index (κ2) is 20.1. The molecule has 0 saturated heterocycles. The summed E-state index contributed by atoms with van der Waals surface area (Å²) >= 11 is 1.93. The van der Waals surface area contributed by atoms with Crippen molar-refractivity contribution in [2.45, 2.75) is 64.7 Å². The van der Waals surface area contributed by atoms with Crippen LogP contribution in [0.3, 0.4) is 0 Å². The molecular formula is C36H34BF12IO2. The Kier molecular flexibility index (Phi) is 18.0. The Bertz CT molecular complexity index is 1680. The number of rotatable bonds is 5. The van der Waals surface area contributed by atoms with E-state index < -0.39 is 54.1 Å². The lowest BCUT2D eigenvalue weighted by molar-refractivity contribution is -0.138. The molecule has 0 heterocycles. The van der Waals surface area contributed by atoms with Gasteiger partial charge >= 0.3 is 31.8 Å². The Morgan fingerprint density at radius 3 is 1.23 bits per heavy atom. The molecule has 0 unspecified atom stereocenters. The van der Waals surface area contributed by atoms with E-state index in [9.17, 15) is 52.7 Å². The Morgan fingerprint density at radius 1 is 0.538 bits per heavy atom. The number of alkyl halides is 12. The Morgan fingerprint density at radius 2 is 0.904 bits per heavy atom. The van der Waals surface area contributed by atoms with Gasteiger partial charge in [0.2, 0.25) is 0 Å². The van der Waals surface area contributed by atoms with Crippen molar-refractivity contribution in [2.75, 3.05) is 0 Å². The van der Waals surface area contributed by atoms with Crippen LogP contribution in [0.4, 0.5) is 52.7 Å². The smallest absolute Gasteiger partial charge is 0.423 e. The lowest BCUT2D eigenvalue weighted by Gasteiger charge is -2.11. The number of hydrogen-bond donors (Lipinski definition) is 2. The minimum atomic E-state index is -4.46. The second-order valence-electron chi connectivity index (χ2n) is 10.7. The summed E-state index contributed by atoms with van der Waals surface area (Å²) in [6.07, 6.45) is -13.7. The van der Waals surface area contributed by atoms with Crippen LogP contribution in [0.2, 0.25) is 0 Å². The normalized spacial score (nSPS) is 11.6. The molecule has 0 amide bonds. The van der Waals surface area contributed by atoms with Gasteiger partial charge in [-0.2, -0.15) is 52.7 Å². The molecule has 0 radical (unpaired) electrons. The largest absolute Gasteiger partial charge is 0.488 e. The first-order valence-corrected chi connectivity index (χ1v) is 16.3. The molecule has 16 heteroatoms. The second-order valence-corrected chi connectivity index (χ2v) is 11.8. The van der Waals surface area contributed by atoms with Crippen LogP contribution in [0.1, 0.15) is 65.3 Å². The van der Waals surface area contributed by atoms with Crippen LogP contribution in [-0.2, 0) is 44.0 Å². The van der Waals surface area contributed by atoms with Gasteiger partial charge in [0.15, 0.2) is 0 Å². The van der Waals surface area contributed by atoms with Gasteiger partial charge in [-0.1, -0.05) is 69.8 Å². The van der Waals surface area contributed by atoms with E-state index in [1.165, 1.54) is 48.5 Å². The third-order valence-corrected chi connectivity index (χ3v) is 8.06. The summed E-state index contributed by atoms with van der Waals surface area (Å²) in [4.78, 5) is 0. The van der Waals surface area contributed by atoms with Crippen LogP contribution in [0, 0.1) is 3.57 Å². The minimum Gasteiger partial charge on any atom is -0.423 e. The fourth-order valence-electron chi connectivity index (χ4n) is 4.08. The van der Waals surface area contributed by atoms with Gasteiger partial charge in [0.05, 0.1) is 22.3 Å². The third kappa shape index (κ3) is 15.6. The van der Waals surface area contributed by atoms with E-state index in [-0.39, 0.29) is 5.46 Å². The average Bonchev–Trinajstić information content (AvgIpc) is 3.07. The molecule has 0 spiro atoms. The van der Waals surface area contributed by atoms with Crippen LogP contribution in [-0.4, -0.2) is 17.2 Å². The van der Waals surface area contributed by atoms with Crippen molar-refractivity contribution >= 4 is 41.2 Å². The molecule has 2 N–H and O–H groups in total. The summed E-state index contributed by atoms with van der Waals surface area (Å²) in [5, 5.41) is 17.8. The van der Waals surface area contributed by atoms with Gasteiger partial charge in [0, 0.05) is 3.57 Å². The maximum Gasteiger partial charge on any atom is 0.488 e. The van der Waals surface area contributed by atoms with Crippen molar-refractivity contribution < 1.29 is 62.7 Å². The summed E-state index contributed by atoms with van der Waals surface area (Å²) in [7, 11) is -1.87. The van der Waals surface area contributed by atoms with E-state index >= 15 is 0 Å². The van der Waals surface area contributed by atoms with Crippen LogP contribution in [0.25, 0.3) is 6.08 Å². The Balaban J connectivity index is 0.000000348. The predicted octanol–water partition coefficient (Wildman–Crippen LogP) is 11.4. The number of aryl methyl sites for hydroxylation is 3. The molecule has 4 rings (SSSR count). The maximum atomic E-state index is 12.3. The zero-order valence-electron chi connectivity index (χ0n) is 27.9. The molecule has 284 valence electrons. The molecular weight excluding hydrogens is 830 g/mol. The van der Waals surface area contributed by atoms with E-state index in [0.717, 1.165) is 66.4 Å². The molecule has 2 nitrogen and oxygen atoms in total. The van der Waals surface area contributed by atoms with Crippen LogP contribution >= 0.6 is 22.6 Å². The number of hydrogen-bond acceptors (Lipinski definition) is 2. The van der Waals surface area contributed by atoms with Gasteiger partial charge in [0.1, 0.15) is 0 Å².